The van der Waals surface area contributed by atoms with Gasteiger partial charge in [-0.1, -0.05) is 32.8 Å². The molecule has 1 aliphatic rings. The van der Waals surface area contributed by atoms with Crippen LogP contribution in [0, 0.1) is 11.2 Å². The first-order valence-electron chi connectivity index (χ1n) is 7.74. The Morgan fingerprint density at radius 3 is 2.43 bits per heavy atom. The highest BCUT2D eigenvalue weighted by Crippen LogP contribution is 2.38. The fourth-order valence-electron chi connectivity index (χ4n) is 3.24. The van der Waals surface area contributed by atoms with Crippen molar-refractivity contribution in [2.24, 2.45) is 5.41 Å². The van der Waals surface area contributed by atoms with Crippen molar-refractivity contribution in [3.05, 3.63) is 35.1 Å². The second-order valence-electron chi connectivity index (χ2n) is 6.10. The van der Waals surface area contributed by atoms with E-state index in [1.807, 2.05) is 0 Å². The number of aromatic carboxylic acids is 1. The molecular weight excluding hydrogens is 269 g/mol. The van der Waals surface area contributed by atoms with Gasteiger partial charge in [0.15, 0.2) is 0 Å². The zero-order chi connectivity index (χ0) is 15.5. The summed E-state index contributed by atoms with van der Waals surface area (Å²) in [5.41, 5.74) is 1.11. The highest BCUT2D eigenvalue weighted by molar-refractivity contribution is 5.88. The SMILES string of the molecule is CCC1(CC)CCN(Cc2ccc(F)c(C(=O)O)c2)CC1. The van der Waals surface area contributed by atoms with E-state index < -0.39 is 11.8 Å². The van der Waals surface area contributed by atoms with Crippen LogP contribution in [-0.2, 0) is 6.54 Å². The molecule has 0 aliphatic carbocycles. The van der Waals surface area contributed by atoms with Gasteiger partial charge in [0.25, 0.3) is 0 Å². The highest BCUT2D eigenvalue weighted by Gasteiger charge is 2.31. The van der Waals surface area contributed by atoms with Crippen LogP contribution in [0.15, 0.2) is 18.2 Å². The first-order chi connectivity index (χ1) is 9.99. The lowest BCUT2D eigenvalue weighted by molar-refractivity contribution is 0.0691. The van der Waals surface area contributed by atoms with Gasteiger partial charge >= 0.3 is 5.97 Å². The van der Waals surface area contributed by atoms with Gasteiger partial charge in [0.2, 0.25) is 0 Å². The molecule has 0 bridgehead atoms. The van der Waals surface area contributed by atoms with Gasteiger partial charge < -0.3 is 5.11 Å². The second kappa shape index (κ2) is 6.56. The molecule has 0 atom stereocenters. The van der Waals surface area contributed by atoms with Crippen molar-refractivity contribution < 1.29 is 14.3 Å². The fourth-order valence-corrected chi connectivity index (χ4v) is 3.24. The van der Waals surface area contributed by atoms with Crippen molar-refractivity contribution in [2.45, 2.75) is 46.1 Å². The van der Waals surface area contributed by atoms with Crippen LogP contribution in [-0.4, -0.2) is 29.1 Å². The van der Waals surface area contributed by atoms with Crippen molar-refractivity contribution in [1.29, 1.82) is 0 Å². The van der Waals surface area contributed by atoms with E-state index in [9.17, 15) is 9.18 Å². The van der Waals surface area contributed by atoms with Crippen molar-refractivity contribution in [3.8, 4) is 0 Å². The summed E-state index contributed by atoms with van der Waals surface area (Å²) in [6.07, 6.45) is 4.81. The normalized spacial score (nSPS) is 18.6. The van der Waals surface area contributed by atoms with Crippen LogP contribution >= 0.6 is 0 Å². The maximum atomic E-state index is 13.4. The van der Waals surface area contributed by atoms with E-state index in [-0.39, 0.29) is 5.56 Å². The van der Waals surface area contributed by atoms with E-state index in [1.54, 1.807) is 6.07 Å². The number of carboxylic acid groups (broad SMARTS) is 1. The fraction of sp³-hybridized carbons (Fsp3) is 0.588. The van der Waals surface area contributed by atoms with E-state index in [1.165, 1.54) is 37.8 Å². The topological polar surface area (TPSA) is 40.5 Å². The average molecular weight is 293 g/mol. The zero-order valence-electron chi connectivity index (χ0n) is 12.9. The summed E-state index contributed by atoms with van der Waals surface area (Å²) in [7, 11) is 0. The van der Waals surface area contributed by atoms with E-state index in [2.05, 4.69) is 18.7 Å². The molecule has 1 aromatic rings. The van der Waals surface area contributed by atoms with Crippen LogP contribution in [0.5, 0.6) is 0 Å². The summed E-state index contributed by atoms with van der Waals surface area (Å²) in [4.78, 5) is 13.3. The van der Waals surface area contributed by atoms with Gasteiger partial charge in [0, 0.05) is 6.54 Å². The van der Waals surface area contributed by atoms with Gasteiger partial charge in [0.1, 0.15) is 5.82 Å². The first-order valence-corrected chi connectivity index (χ1v) is 7.74. The number of halogens is 1. The van der Waals surface area contributed by atoms with E-state index >= 15 is 0 Å². The molecule has 1 aliphatic heterocycles. The molecule has 21 heavy (non-hydrogen) atoms. The standard InChI is InChI=1S/C17H24FNO2/c1-3-17(4-2)7-9-19(10-8-17)12-13-5-6-15(18)14(11-13)16(20)21/h5-6,11H,3-4,7-10,12H2,1-2H3,(H,20,21). The van der Waals surface area contributed by atoms with Gasteiger partial charge in [-0.05, 0) is 49.0 Å². The summed E-state index contributed by atoms with van der Waals surface area (Å²) in [5.74, 6) is -1.87. The third-order valence-corrected chi connectivity index (χ3v) is 5.08. The van der Waals surface area contributed by atoms with E-state index in [4.69, 9.17) is 5.11 Å². The lowest BCUT2D eigenvalue weighted by Crippen LogP contribution is -2.39. The van der Waals surface area contributed by atoms with Gasteiger partial charge in [-0.3, -0.25) is 4.90 Å². The number of hydrogen-bond acceptors (Lipinski definition) is 2. The number of benzene rings is 1. The number of rotatable bonds is 5. The maximum absolute atomic E-state index is 13.4. The predicted molar refractivity (Wildman–Crippen MR) is 80.9 cm³/mol. The summed E-state index contributed by atoms with van der Waals surface area (Å²) in [5, 5.41) is 8.97. The van der Waals surface area contributed by atoms with Gasteiger partial charge in [-0.2, -0.15) is 0 Å². The summed E-state index contributed by atoms with van der Waals surface area (Å²) in [6, 6.07) is 4.40. The molecule has 0 radical (unpaired) electrons. The Morgan fingerprint density at radius 2 is 1.90 bits per heavy atom. The van der Waals surface area contributed by atoms with Crippen LogP contribution in [0.25, 0.3) is 0 Å². The van der Waals surface area contributed by atoms with Crippen molar-refractivity contribution in [1.82, 2.24) is 4.90 Å². The molecule has 116 valence electrons. The summed E-state index contributed by atoms with van der Waals surface area (Å²) < 4.78 is 13.4. The molecule has 0 saturated carbocycles. The van der Waals surface area contributed by atoms with Crippen molar-refractivity contribution >= 4 is 5.97 Å². The number of piperidine rings is 1. The molecule has 0 spiro atoms. The minimum absolute atomic E-state index is 0.235. The van der Waals surface area contributed by atoms with E-state index in [0.717, 1.165) is 18.7 Å². The maximum Gasteiger partial charge on any atom is 0.338 e. The Hall–Kier alpha value is -1.42. The smallest absolute Gasteiger partial charge is 0.338 e. The summed E-state index contributed by atoms with van der Waals surface area (Å²) in [6.45, 7) is 7.28. The van der Waals surface area contributed by atoms with Crippen molar-refractivity contribution in [3.63, 3.8) is 0 Å². The Kier molecular flexibility index (Phi) is 4.99. The molecule has 1 aromatic carbocycles. The zero-order valence-corrected chi connectivity index (χ0v) is 12.9. The van der Waals surface area contributed by atoms with Crippen LogP contribution in [0.3, 0.4) is 0 Å². The molecule has 1 N–H and O–H groups in total. The monoisotopic (exact) mass is 293 g/mol. The quantitative estimate of drug-likeness (QED) is 0.894. The second-order valence-corrected chi connectivity index (χ2v) is 6.10. The molecule has 1 fully saturated rings. The number of hydrogen-bond donors (Lipinski definition) is 1. The van der Waals surface area contributed by atoms with E-state index in [0.29, 0.717) is 12.0 Å². The lowest BCUT2D eigenvalue weighted by atomic mass is 9.74. The van der Waals surface area contributed by atoms with Crippen LogP contribution < -0.4 is 0 Å². The number of likely N-dealkylation sites (tertiary alicyclic amines) is 1. The largest absolute Gasteiger partial charge is 0.478 e. The lowest BCUT2D eigenvalue weighted by Gasteiger charge is -2.41. The molecule has 0 amide bonds. The molecule has 2 rings (SSSR count). The predicted octanol–water partition coefficient (Wildman–Crippen LogP) is 3.93. The number of carboxylic acids is 1. The molecule has 1 saturated heterocycles. The number of nitrogens with zero attached hydrogens (tertiary/aromatic N) is 1. The van der Waals surface area contributed by atoms with Crippen LogP contribution in [0.4, 0.5) is 4.39 Å². The number of carbonyl (C=O) groups is 1. The van der Waals surface area contributed by atoms with Crippen LogP contribution in [0.1, 0.15) is 55.5 Å². The van der Waals surface area contributed by atoms with Crippen molar-refractivity contribution in [2.75, 3.05) is 13.1 Å². The molecule has 4 heteroatoms. The molecule has 0 unspecified atom stereocenters. The Labute approximate surface area is 125 Å². The van der Waals surface area contributed by atoms with Gasteiger partial charge in [-0.25, -0.2) is 9.18 Å². The highest BCUT2D eigenvalue weighted by atomic mass is 19.1. The van der Waals surface area contributed by atoms with Gasteiger partial charge in [-0.15, -0.1) is 0 Å². The Balaban J connectivity index is 2.01. The molecule has 0 aromatic heterocycles. The average Bonchev–Trinajstić information content (AvgIpc) is 2.50. The van der Waals surface area contributed by atoms with Crippen LogP contribution in [0.2, 0.25) is 0 Å². The van der Waals surface area contributed by atoms with Gasteiger partial charge in [0.05, 0.1) is 5.56 Å². The minimum Gasteiger partial charge on any atom is -0.478 e. The molecule has 1 heterocycles. The molecular formula is C17H24FNO2. The Morgan fingerprint density at radius 1 is 1.29 bits per heavy atom. The summed E-state index contributed by atoms with van der Waals surface area (Å²) >= 11 is 0. The third-order valence-electron chi connectivity index (χ3n) is 5.08. The first kappa shape index (κ1) is 16.0. The minimum atomic E-state index is -1.20. The molecule has 3 nitrogen and oxygen atoms in total. The Bertz CT molecular complexity index is 502. The third kappa shape index (κ3) is 3.62.